The monoisotopic (exact) mass is 528 g/mol. The summed E-state index contributed by atoms with van der Waals surface area (Å²) >= 11 is 5.78. The summed E-state index contributed by atoms with van der Waals surface area (Å²) in [6.07, 6.45) is 1.72. The molecule has 1 saturated heterocycles. The van der Waals surface area contributed by atoms with E-state index in [1.54, 1.807) is 36.5 Å². The second kappa shape index (κ2) is 10.3. The van der Waals surface area contributed by atoms with E-state index in [-0.39, 0.29) is 17.5 Å². The largest absolute Gasteiger partial charge is 0.495 e. The summed E-state index contributed by atoms with van der Waals surface area (Å²) in [5.41, 5.74) is 2.79. The van der Waals surface area contributed by atoms with Crippen molar-refractivity contribution in [3.63, 3.8) is 0 Å². The first-order valence-electron chi connectivity index (χ1n) is 11.8. The number of carbonyl (C=O) groups excluding carboxylic acids is 1. The number of ether oxygens (including phenoxy) is 1. The van der Waals surface area contributed by atoms with Crippen molar-refractivity contribution in [3.8, 4) is 17.1 Å². The molecule has 2 aromatic heterocycles. The van der Waals surface area contributed by atoms with Gasteiger partial charge in [-0.15, -0.1) is 0 Å². The number of aromatic nitrogens is 1. The van der Waals surface area contributed by atoms with Gasteiger partial charge in [-0.1, -0.05) is 18.2 Å². The van der Waals surface area contributed by atoms with Crippen LogP contribution in [0, 0.1) is 0 Å². The van der Waals surface area contributed by atoms with Gasteiger partial charge in [0.05, 0.1) is 30.1 Å². The van der Waals surface area contributed by atoms with Gasteiger partial charge in [0.1, 0.15) is 23.3 Å². The number of nitrogens with zero attached hydrogens (tertiary/aromatic N) is 2. The summed E-state index contributed by atoms with van der Waals surface area (Å²) in [6.45, 7) is 1.43. The molecule has 3 N–H and O–H groups in total. The summed E-state index contributed by atoms with van der Waals surface area (Å²) in [5, 5.41) is 16.0. The zero-order valence-electron chi connectivity index (χ0n) is 20.5. The van der Waals surface area contributed by atoms with Gasteiger partial charge in [-0.25, -0.2) is 4.79 Å². The minimum Gasteiger partial charge on any atom is -0.495 e. The first kappa shape index (κ1) is 25.0. The lowest BCUT2D eigenvalue weighted by Gasteiger charge is -2.27. The van der Waals surface area contributed by atoms with Crippen LogP contribution in [0.25, 0.3) is 11.3 Å². The molecule has 2 aromatic carbocycles. The molecule has 1 aliphatic rings. The third kappa shape index (κ3) is 4.81. The number of carboxylic acid groups (broad SMARTS) is 1. The van der Waals surface area contributed by atoms with Gasteiger partial charge in [0.2, 0.25) is 5.91 Å². The van der Waals surface area contributed by atoms with Crippen molar-refractivity contribution in [1.29, 1.82) is 0 Å². The van der Waals surface area contributed by atoms with E-state index >= 15 is 0 Å². The lowest BCUT2D eigenvalue weighted by Crippen LogP contribution is -2.29. The zero-order chi connectivity index (χ0) is 26.8. The summed E-state index contributed by atoms with van der Waals surface area (Å²) in [6, 6.07) is 20.5. The number of furan rings is 1. The first-order valence-corrected chi connectivity index (χ1v) is 12.2. The molecule has 4 aromatic rings. The Balaban J connectivity index is 1.60. The molecule has 1 aliphatic heterocycles. The average Bonchev–Trinajstić information content (AvgIpc) is 3.53. The third-order valence-corrected chi connectivity index (χ3v) is 6.50. The number of carboxylic acids is 1. The predicted molar refractivity (Wildman–Crippen MR) is 146 cm³/mol. The number of pyridine rings is 1. The number of rotatable bonds is 7. The Morgan fingerprint density at radius 3 is 2.66 bits per heavy atom. The van der Waals surface area contributed by atoms with E-state index in [9.17, 15) is 14.7 Å². The average molecular weight is 529 g/mol. The molecule has 0 spiro atoms. The third-order valence-electron chi connectivity index (χ3n) is 6.18. The number of hydrogen-bond acceptors (Lipinski definition) is 6. The number of aromatic carboxylic acids is 1. The van der Waals surface area contributed by atoms with Gasteiger partial charge in [-0.2, -0.15) is 0 Å². The van der Waals surface area contributed by atoms with Crippen LogP contribution in [-0.4, -0.2) is 34.2 Å². The predicted octanol–water partition coefficient (Wildman–Crippen LogP) is 5.18. The minimum atomic E-state index is -1.01. The maximum Gasteiger partial charge on any atom is 0.335 e. The van der Waals surface area contributed by atoms with Crippen LogP contribution in [0.5, 0.6) is 5.75 Å². The van der Waals surface area contributed by atoms with Gasteiger partial charge in [0.15, 0.2) is 5.11 Å². The molecule has 192 valence electrons. The number of methoxy groups -OCH3 is 1. The Bertz CT molecular complexity index is 1520. The van der Waals surface area contributed by atoms with Crippen molar-refractivity contribution in [1.82, 2.24) is 10.3 Å². The fourth-order valence-corrected chi connectivity index (χ4v) is 4.87. The summed E-state index contributed by atoms with van der Waals surface area (Å²) in [4.78, 5) is 29.8. The van der Waals surface area contributed by atoms with Gasteiger partial charge in [-0.05, 0) is 66.8 Å². The molecule has 10 heteroatoms. The molecule has 0 radical (unpaired) electrons. The molecule has 0 saturated carbocycles. The second-order valence-electron chi connectivity index (χ2n) is 8.65. The highest BCUT2D eigenvalue weighted by molar-refractivity contribution is 7.80. The van der Waals surface area contributed by atoms with E-state index in [0.717, 1.165) is 5.69 Å². The van der Waals surface area contributed by atoms with E-state index in [4.69, 9.17) is 21.4 Å². The molecule has 3 heterocycles. The molecule has 0 aliphatic carbocycles. The van der Waals surface area contributed by atoms with Gasteiger partial charge >= 0.3 is 5.97 Å². The Kier molecular flexibility index (Phi) is 6.80. The molecular weight excluding hydrogens is 504 g/mol. The van der Waals surface area contributed by atoms with Crippen LogP contribution in [-0.2, 0) is 4.79 Å². The summed E-state index contributed by atoms with van der Waals surface area (Å²) in [7, 11) is 1.53. The number of thiocarbonyl (C=S) groups is 1. The van der Waals surface area contributed by atoms with Crippen molar-refractivity contribution in [2.24, 2.45) is 0 Å². The van der Waals surface area contributed by atoms with E-state index < -0.39 is 12.0 Å². The van der Waals surface area contributed by atoms with Crippen molar-refractivity contribution >= 4 is 40.6 Å². The zero-order valence-corrected chi connectivity index (χ0v) is 21.4. The van der Waals surface area contributed by atoms with Gasteiger partial charge in [-0.3, -0.25) is 9.78 Å². The van der Waals surface area contributed by atoms with Crippen molar-refractivity contribution < 1.29 is 23.8 Å². The number of benzene rings is 2. The molecular formula is C28H24N4O5S. The van der Waals surface area contributed by atoms with Crippen molar-refractivity contribution in [2.75, 3.05) is 17.3 Å². The first-order chi connectivity index (χ1) is 18.4. The maximum absolute atomic E-state index is 11.8. The normalized spacial score (nSPS) is 16.7. The smallest absolute Gasteiger partial charge is 0.335 e. The van der Waals surface area contributed by atoms with Crippen LogP contribution < -0.4 is 20.3 Å². The summed E-state index contributed by atoms with van der Waals surface area (Å²) < 4.78 is 11.7. The fourth-order valence-electron chi connectivity index (χ4n) is 4.53. The number of carbonyl (C=O) groups is 2. The van der Waals surface area contributed by atoms with E-state index in [1.807, 2.05) is 41.3 Å². The number of amides is 1. The maximum atomic E-state index is 11.8. The van der Waals surface area contributed by atoms with Gasteiger partial charge in [0.25, 0.3) is 0 Å². The lowest BCUT2D eigenvalue weighted by atomic mass is 10.0. The highest BCUT2D eigenvalue weighted by Gasteiger charge is 2.42. The van der Waals surface area contributed by atoms with Crippen LogP contribution in [0.2, 0.25) is 0 Å². The van der Waals surface area contributed by atoms with Gasteiger partial charge < -0.3 is 29.8 Å². The van der Waals surface area contributed by atoms with Crippen LogP contribution >= 0.6 is 12.2 Å². The lowest BCUT2D eigenvalue weighted by molar-refractivity contribution is -0.114. The molecule has 38 heavy (non-hydrogen) atoms. The van der Waals surface area contributed by atoms with Crippen molar-refractivity contribution in [2.45, 2.75) is 19.0 Å². The topological polar surface area (TPSA) is 117 Å². The molecule has 0 unspecified atom stereocenters. The molecule has 1 amide bonds. The Labute approximate surface area is 224 Å². The fraction of sp³-hybridized carbons (Fsp3) is 0.143. The SMILES string of the molecule is COc1ccc(N2C(=S)N[C@H](c3ccccn3)[C@H]2c2ccc(-c3cccc(C(=O)O)c3)o2)cc1NC(C)=O. The molecule has 2 atom stereocenters. The molecule has 0 bridgehead atoms. The number of anilines is 2. The Hall–Kier alpha value is -4.70. The van der Waals surface area contributed by atoms with E-state index in [0.29, 0.717) is 39.3 Å². The minimum absolute atomic E-state index is 0.167. The van der Waals surface area contributed by atoms with Crippen LogP contribution in [0.4, 0.5) is 11.4 Å². The van der Waals surface area contributed by atoms with Crippen LogP contribution in [0.15, 0.2) is 83.4 Å². The van der Waals surface area contributed by atoms with Crippen molar-refractivity contribution in [3.05, 3.63) is 96.0 Å². The highest BCUT2D eigenvalue weighted by Crippen LogP contribution is 2.44. The molecule has 9 nitrogen and oxygen atoms in total. The van der Waals surface area contributed by atoms with Crippen LogP contribution in [0.1, 0.15) is 40.8 Å². The Morgan fingerprint density at radius 1 is 1.11 bits per heavy atom. The van der Waals surface area contributed by atoms with Gasteiger partial charge in [0, 0.05) is 24.4 Å². The number of hydrogen-bond donors (Lipinski definition) is 3. The standard InChI is InChI=1S/C28H24N4O5S/c1-16(33)30-21-15-19(9-10-23(21)36-2)32-26(25(31-28(32)38)20-8-3-4-13-29-20)24-12-11-22(37-24)17-6-5-7-18(14-17)27(34)35/h3-15,25-26H,1-2H3,(H,30,33)(H,31,38)(H,34,35)/t25-,26-/m1/s1. The number of nitrogens with one attached hydrogen (secondary N) is 2. The van der Waals surface area contributed by atoms with Crippen LogP contribution in [0.3, 0.4) is 0 Å². The summed E-state index contributed by atoms with van der Waals surface area (Å²) in [5.74, 6) is 0.387. The quantitative estimate of drug-likeness (QED) is 0.279. The molecule has 1 fully saturated rings. The molecule has 5 rings (SSSR count). The Morgan fingerprint density at radius 2 is 1.95 bits per heavy atom. The van der Waals surface area contributed by atoms with E-state index in [1.165, 1.54) is 20.1 Å². The highest BCUT2D eigenvalue weighted by atomic mass is 32.1. The second-order valence-corrected chi connectivity index (χ2v) is 9.04. The van der Waals surface area contributed by atoms with E-state index in [2.05, 4.69) is 15.6 Å².